The van der Waals surface area contributed by atoms with Gasteiger partial charge in [0.25, 0.3) is 0 Å². The first kappa shape index (κ1) is 22.0. The number of rotatable bonds is 7. The molecule has 0 radical (unpaired) electrons. The summed E-state index contributed by atoms with van der Waals surface area (Å²) in [5.74, 6) is -0.693. The Morgan fingerprint density at radius 1 is 1.07 bits per heavy atom. The minimum atomic E-state index is -3.69. The van der Waals surface area contributed by atoms with E-state index in [1.807, 2.05) is 26.8 Å². The van der Waals surface area contributed by atoms with Crippen LogP contribution in [0.4, 0.5) is 4.39 Å². The van der Waals surface area contributed by atoms with E-state index in [0.29, 0.717) is 11.1 Å². The molecule has 0 aliphatic heterocycles. The summed E-state index contributed by atoms with van der Waals surface area (Å²) in [6.07, 6.45) is 0.0389. The summed E-state index contributed by atoms with van der Waals surface area (Å²) < 4.78 is 40.9. The summed E-state index contributed by atoms with van der Waals surface area (Å²) in [7, 11) is -3.69. The number of hydrogen-bond donors (Lipinski definition) is 2. The van der Waals surface area contributed by atoms with Crippen LogP contribution in [0.15, 0.2) is 47.4 Å². The van der Waals surface area contributed by atoms with Crippen molar-refractivity contribution in [2.24, 2.45) is 0 Å². The number of carbonyl (C=O) groups is 1. The molecule has 5 nitrogen and oxygen atoms in total. The predicted octanol–water partition coefficient (Wildman–Crippen LogP) is 3.07. The molecule has 0 fully saturated rings. The zero-order valence-electron chi connectivity index (χ0n) is 16.7. The van der Waals surface area contributed by atoms with E-state index in [-0.39, 0.29) is 35.7 Å². The van der Waals surface area contributed by atoms with Crippen molar-refractivity contribution >= 4 is 15.9 Å². The molecule has 0 aliphatic rings. The van der Waals surface area contributed by atoms with E-state index in [1.165, 1.54) is 12.1 Å². The first-order valence-electron chi connectivity index (χ1n) is 9.11. The smallest absolute Gasteiger partial charge is 0.240 e. The Hall–Kier alpha value is -2.25. The first-order valence-corrected chi connectivity index (χ1v) is 10.6. The highest BCUT2D eigenvalue weighted by atomic mass is 32.2. The van der Waals surface area contributed by atoms with Crippen molar-refractivity contribution in [3.8, 4) is 0 Å². The molecule has 7 heteroatoms. The third-order valence-electron chi connectivity index (χ3n) is 4.34. The highest BCUT2D eigenvalue weighted by molar-refractivity contribution is 7.89. The van der Waals surface area contributed by atoms with Gasteiger partial charge in [0.15, 0.2) is 0 Å². The van der Waals surface area contributed by atoms with Crippen LogP contribution in [0.5, 0.6) is 0 Å². The molecule has 2 rings (SSSR count). The maximum absolute atomic E-state index is 13.1. The zero-order chi connectivity index (χ0) is 20.9. The molecule has 2 aromatic carbocycles. The molecule has 0 spiro atoms. The average molecular weight is 407 g/mol. The monoisotopic (exact) mass is 406 g/mol. The maximum Gasteiger partial charge on any atom is 0.240 e. The molecule has 0 unspecified atom stereocenters. The molecule has 0 aromatic heterocycles. The molecule has 28 heavy (non-hydrogen) atoms. The molecule has 0 heterocycles. The highest BCUT2D eigenvalue weighted by Gasteiger charge is 2.21. The molecule has 0 atom stereocenters. The molecule has 1 amide bonds. The van der Waals surface area contributed by atoms with Crippen molar-refractivity contribution in [1.82, 2.24) is 10.0 Å². The van der Waals surface area contributed by atoms with Crippen LogP contribution >= 0.6 is 0 Å². The third kappa shape index (κ3) is 6.14. The molecule has 0 bridgehead atoms. The van der Waals surface area contributed by atoms with Gasteiger partial charge in [-0.05, 0) is 47.2 Å². The zero-order valence-corrected chi connectivity index (χ0v) is 17.5. The Balaban J connectivity index is 1.92. The van der Waals surface area contributed by atoms with Gasteiger partial charge in [-0.2, -0.15) is 0 Å². The average Bonchev–Trinajstić information content (AvgIpc) is 2.58. The first-order chi connectivity index (χ1) is 13.0. The standard InChI is InChI=1S/C21H27FN2O3S/c1-15-8-9-17(21(2,3)4)14-19(15)28(26,27)24-11-10-23-20(25)13-16-6-5-7-18(22)12-16/h5-9,12,14,24H,10-11,13H2,1-4H3,(H,23,25). The van der Waals surface area contributed by atoms with E-state index >= 15 is 0 Å². The molecule has 2 N–H and O–H groups in total. The van der Waals surface area contributed by atoms with Crippen LogP contribution in [0.1, 0.15) is 37.5 Å². The largest absolute Gasteiger partial charge is 0.355 e. The van der Waals surface area contributed by atoms with Gasteiger partial charge in [0.05, 0.1) is 11.3 Å². The topological polar surface area (TPSA) is 75.3 Å². The minimum absolute atomic E-state index is 0.0389. The molecule has 0 saturated carbocycles. The predicted molar refractivity (Wildman–Crippen MR) is 108 cm³/mol. The van der Waals surface area contributed by atoms with Gasteiger partial charge >= 0.3 is 0 Å². The molecule has 2 aromatic rings. The fourth-order valence-corrected chi connectivity index (χ4v) is 4.02. The van der Waals surface area contributed by atoms with Crippen molar-refractivity contribution in [3.05, 3.63) is 65.0 Å². The van der Waals surface area contributed by atoms with Crippen LogP contribution in [0.25, 0.3) is 0 Å². The summed E-state index contributed by atoms with van der Waals surface area (Å²) in [5, 5.41) is 2.64. The fourth-order valence-electron chi connectivity index (χ4n) is 2.72. The van der Waals surface area contributed by atoms with Gasteiger partial charge in [-0.25, -0.2) is 17.5 Å². The van der Waals surface area contributed by atoms with Crippen LogP contribution in [0.3, 0.4) is 0 Å². The van der Waals surface area contributed by atoms with E-state index in [0.717, 1.165) is 5.56 Å². The second-order valence-electron chi connectivity index (χ2n) is 7.78. The van der Waals surface area contributed by atoms with Crippen molar-refractivity contribution in [2.45, 2.75) is 44.4 Å². The van der Waals surface area contributed by atoms with E-state index in [9.17, 15) is 17.6 Å². The second-order valence-corrected chi connectivity index (χ2v) is 9.52. The van der Waals surface area contributed by atoms with Gasteiger partial charge in [-0.15, -0.1) is 0 Å². The summed E-state index contributed by atoms with van der Waals surface area (Å²) in [5.41, 5.74) is 1.99. The molecule has 152 valence electrons. The molecule has 0 aliphatic carbocycles. The van der Waals surface area contributed by atoms with Gasteiger partial charge in [0.2, 0.25) is 15.9 Å². The number of sulfonamides is 1. The lowest BCUT2D eigenvalue weighted by Gasteiger charge is -2.21. The Morgan fingerprint density at radius 2 is 1.79 bits per heavy atom. The molecular weight excluding hydrogens is 379 g/mol. The third-order valence-corrected chi connectivity index (χ3v) is 5.94. The van der Waals surface area contributed by atoms with Gasteiger partial charge in [-0.3, -0.25) is 4.79 Å². The van der Waals surface area contributed by atoms with Crippen molar-refractivity contribution in [1.29, 1.82) is 0 Å². The lowest BCUT2D eigenvalue weighted by molar-refractivity contribution is -0.120. The molecular formula is C21H27FN2O3S. The van der Waals surface area contributed by atoms with E-state index in [2.05, 4.69) is 10.0 Å². The normalized spacial score (nSPS) is 12.0. The Morgan fingerprint density at radius 3 is 2.43 bits per heavy atom. The van der Waals surface area contributed by atoms with Gasteiger partial charge in [0, 0.05) is 13.1 Å². The van der Waals surface area contributed by atoms with E-state index in [4.69, 9.17) is 0 Å². The lowest BCUT2D eigenvalue weighted by atomic mass is 9.87. The number of carbonyl (C=O) groups excluding carboxylic acids is 1. The second kappa shape index (κ2) is 8.84. The van der Waals surface area contributed by atoms with Gasteiger partial charge in [0.1, 0.15) is 5.82 Å². The summed E-state index contributed by atoms with van der Waals surface area (Å²) in [4.78, 5) is 12.2. The van der Waals surface area contributed by atoms with Crippen molar-refractivity contribution in [3.63, 3.8) is 0 Å². The van der Waals surface area contributed by atoms with Gasteiger partial charge in [-0.1, -0.05) is 45.0 Å². The lowest BCUT2D eigenvalue weighted by Crippen LogP contribution is -2.35. The number of hydrogen-bond acceptors (Lipinski definition) is 3. The quantitative estimate of drug-likeness (QED) is 0.694. The van der Waals surface area contributed by atoms with Crippen molar-refractivity contribution in [2.75, 3.05) is 13.1 Å². The van der Waals surface area contributed by atoms with Crippen molar-refractivity contribution < 1.29 is 17.6 Å². The number of amides is 1. The maximum atomic E-state index is 13.1. The Bertz CT molecular complexity index is 950. The van der Waals surface area contributed by atoms with Crippen LogP contribution in [-0.2, 0) is 26.7 Å². The number of aryl methyl sites for hydroxylation is 1. The molecule has 0 saturated heterocycles. The SMILES string of the molecule is Cc1ccc(C(C)(C)C)cc1S(=O)(=O)NCCNC(=O)Cc1cccc(F)c1. The number of nitrogens with one attached hydrogen (secondary N) is 2. The number of benzene rings is 2. The van der Waals surface area contributed by atoms with Crippen LogP contribution in [0, 0.1) is 12.7 Å². The van der Waals surface area contributed by atoms with Crippen LogP contribution in [0.2, 0.25) is 0 Å². The Labute approximate surface area is 166 Å². The number of halogens is 1. The van der Waals surface area contributed by atoms with Gasteiger partial charge < -0.3 is 5.32 Å². The Kier molecular flexibility index (Phi) is 6.96. The summed E-state index contributed by atoms with van der Waals surface area (Å²) in [6.45, 7) is 8.03. The summed E-state index contributed by atoms with van der Waals surface area (Å²) >= 11 is 0. The highest BCUT2D eigenvalue weighted by Crippen LogP contribution is 2.26. The summed E-state index contributed by atoms with van der Waals surface area (Å²) in [6, 6.07) is 11.2. The minimum Gasteiger partial charge on any atom is -0.355 e. The van der Waals surface area contributed by atoms with Crippen LogP contribution < -0.4 is 10.0 Å². The van der Waals surface area contributed by atoms with E-state index in [1.54, 1.807) is 31.2 Å². The van der Waals surface area contributed by atoms with Crippen LogP contribution in [-0.4, -0.2) is 27.4 Å². The van der Waals surface area contributed by atoms with E-state index < -0.39 is 15.8 Å². The fraction of sp³-hybridized carbons (Fsp3) is 0.381.